The topological polar surface area (TPSA) is 58.6 Å². The van der Waals surface area contributed by atoms with Gasteiger partial charge in [0.05, 0.1) is 12.3 Å². The second-order valence-corrected chi connectivity index (χ2v) is 4.16. The number of hydrogen-bond donors (Lipinski definition) is 1. The zero-order valence-electron chi connectivity index (χ0n) is 10.5. The van der Waals surface area contributed by atoms with Gasteiger partial charge in [0.2, 0.25) is 5.91 Å². The zero-order valence-corrected chi connectivity index (χ0v) is 10.5. The van der Waals surface area contributed by atoms with E-state index in [0.29, 0.717) is 31.0 Å². The molecule has 5 heteroatoms. The van der Waals surface area contributed by atoms with Gasteiger partial charge < -0.3 is 4.74 Å². The maximum atomic E-state index is 11.8. The zero-order chi connectivity index (χ0) is 13.1. The molecule has 0 aliphatic carbocycles. The summed E-state index contributed by atoms with van der Waals surface area (Å²) < 4.78 is 5.51. The molecule has 1 aliphatic heterocycles. The van der Waals surface area contributed by atoms with Crippen molar-refractivity contribution in [2.75, 3.05) is 18.1 Å². The maximum Gasteiger partial charge on any atom is 0.328 e. The van der Waals surface area contributed by atoms with Gasteiger partial charge in [-0.05, 0) is 31.5 Å². The molecule has 5 nitrogen and oxygen atoms in total. The highest BCUT2D eigenvalue weighted by molar-refractivity contribution is 6.06. The number of imide groups is 1. The van der Waals surface area contributed by atoms with Crippen molar-refractivity contribution in [3.8, 4) is 5.75 Å². The highest BCUT2D eigenvalue weighted by atomic mass is 16.5. The minimum Gasteiger partial charge on any atom is -0.492 e. The number of nitrogens with zero attached hydrogens (tertiary/aromatic N) is 1. The third-order valence-electron chi connectivity index (χ3n) is 2.76. The monoisotopic (exact) mass is 248 g/mol. The van der Waals surface area contributed by atoms with E-state index in [2.05, 4.69) is 5.32 Å². The molecule has 0 atom stereocenters. The first kappa shape index (κ1) is 12.4. The summed E-state index contributed by atoms with van der Waals surface area (Å²) in [6.07, 6.45) is 0.311. The standard InChI is InChI=1S/C13H16N2O3/c1-3-18-11-5-4-9(2)8-10(11)15-7-6-12(16)14-13(15)17/h4-5,8H,3,6-7H2,1-2H3,(H,14,16,17). The van der Waals surface area contributed by atoms with E-state index in [1.54, 1.807) is 4.90 Å². The lowest BCUT2D eigenvalue weighted by atomic mass is 10.1. The van der Waals surface area contributed by atoms with Gasteiger partial charge in [0.15, 0.2) is 0 Å². The Morgan fingerprint density at radius 2 is 2.17 bits per heavy atom. The van der Waals surface area contributed by atoms with E-state index >= 15 is 0 Å². The quantitative estimate of drug-likeness (QED) is 0.888. The molecule has 1 N–H and O–H groups in total. The first-order valence-corrected chi connectivity index (χ1v) is 5.96. The Morgan fingerprint density at radius 3 is 2.83 bits per heavy atom. The fraction of sp³-hybridized carbons (Fsp3) is 0.385. The van der Waals surface area contributed by atoms with Crippen molar-refractivity contribution in [3.05, 3.63) is 23.8 Å². The number of anilines is 1. The number of ether oxygens (including phenoxy) is 1. The Bertz CT molecular complexity index is 485. The minimum absolute atomic E-state index is 0.234. The molecule has 0 unspecified atom stereocenters. The minimum atomic E-state index is -0.391. The normalized spacial score (nSPS) is 15.6. The van der Waals surface area contributed by atoms with E-state index in [4.69, 9.17) is 4.74 Å². The number of amides is 3. The third-order valence-corrected chi connectivity index (χ3v) is 2.76. The Hall–Kier alpha value is -2.04. The fourth-order valence-electron chi connectivity index (χ4n) is 1.91. The summed E-state index contributed by atoms with van der Waals surface area (Å²) in [4.78, 5) is 24.5. The Balaban J connectivity index is 2.33. The first-order chi connectivity index (χ1) is 8.61. The second kappa shape index (κ2) is 5.08. The fourth-order valence-corrected chi connectivity index (χ4v) is 1.91. The molecule has 1 saturated heterocycles. The number of benzene rings is 1. The van der Waals surface area contributed by atoms with E-state index in [1.807, 2.05) is 32.0 Å². The van der Waals surface area contributed by atoms with Crippen LogP contribution in [-0.2, 0) is 4.79 Å². The molecular formula is C13H16N2O3. The molecule has 1 aliphatic rings. The van der Waals surface area contributed by atoms with Gasteiger partial charge >= 0.3 is 6.03 Å². The molecule has 1 fully saturated rings. The van der Waals surface area contributed by atoms with Crippen LogP contribution in [0.15, 0.2) is 18.2 Å². The number of urea groups is 1. The molecule has 0 bridgehead atoms. The smallest absolute Gasteiger partial charge is 0.328 e. The number of carbonyl (C=O) groups is 2. The highest BCUT2D eigenvalue weighted by Gasteiger charge is 2.26. The summed E-state index contributed by atoms with van der Waals surface area (Å²) in [5.74, 6) is 0.425. The summed E-state index contributed by atoms with van der Waals surface area (Å²) in [7, 11) is 0. The molecule has 2 rings (SSSR count). The molecule has 18 heavy (non-hydrogen) atoms. The van der Waals surface area contributed by atoms with Crippen LogP contribution in [0.4, 0.5) is 10.5 Å². The van der Waals surface area contributed by atoms with Gasteiger partial charge in [-0.2, -0.15) is 0 Å². The Morgan fingerprint density at radius 1 is 1.39 bits per heavy atom. The number of hydrogen-bond acceptors (Lipinski definition) is 3. The third kappa shape index (κ3) is 2.45. The van der Waals surface area contributed by atoms with E-state index in [0.717, 1.165) is 5.56 Å². The van der Waals surface area contributed by atoms with Crippen LogP contribution < -0.4 is 15.0 Å². The van der Waals surface area contributed by atoms with Crippen molar-refractivity contribution >= 4 is 17.6 Å². The summed E-state index contributed by atoms with van der Waals surface area (Å²) in [6.45, 7) is 4.76. The van der Waals surface area contributed by atoms with E-state index in [-0.39, 0.29) is 5.91 Å². The summed E-state index contributed by atoms with van der Waals surface area (Å²) in [6, 6.07) is 5.28. The van der Waals surface area contributed by atoms with Crippen LogP contribution in [0.5, 0.6) is 5.75 Å². The van der Waals surface area contributed by atoms with Gasteiger partial charge in [0.1, 0.15) is 5.75 Å². The van der Waals surface area contributed by atoms with Crippen molar-refractivity contribution in [3.63, 3.8) is 0 Å². The van der Waals surface area contributed by atoms with Crippen molar-refractivity contribution in [1.29, 1.82) is 0 Å². The lowest BCUT2D eigenvalue weighted by Crippen LogP contribution is -2.49. The first-order valence-electron chi connectivity index (χ1n) is 5.96. The number of nitrogens with one attached hydrogen (secondary N) is 1. The predicted molar refractivity (Wildman–Crippen MR) is 67.8 cm³/mol. The van der Waals surface area contributed by atoms with Gasteiger partial charge in [-0.3, -0.25) is 15.0 Å². The number of aryl methyl sites for hydroxylation is 1. The molecule has 96 valence electrons. The predicted octanol–water partition coefficient (Wildman–Crippen LogP) is 1.84. The van der Waals surface area contributed by atoms with Crippen molar-refractivity contribution in [2.24, 2.45) is 0 Å². The largest absolute Gasteiger partial charge is 0.492 e. The molecule has 3 amide bonds. The van der Waals surface area contributed by atoms with Crippen molar-refractivity contribution in [1.82, 2.24) is 5.32 Å². The lowest BCUT2D eigenvalue weighted by molar-refractivity contribution is -0.120. The molecular weight excluding hydrogens is 232 g/mol. The van der Waals surface area contributed by atoms with Crippen LogP contribution in [-0.4, -0.2) is 25.1 Å². The van der Waals surface area contributed by atoms with Crippen molar-refractivity contribution < 1.29 is 14.3 Å². The van der Waals surface area contributed by atoms with E-state index in [1.165, 1.54) is 0 Å². The van der Waals surface area contributed by atoms with Gasteiger partial charge in [-0.15, -0.1) is 0 Å². The summed E-state index contributed by atoms with van der Waals surface area (Å²) in [5, 5.41) is 2.31. The van der Waals surface area contributed by atoms with Crippen LogP contribution in [0, 0.1) is 6.92 Å². The molecule has 0 saturated carbocycles. The van der Waals surface area contributed by atoms with Crippen LogP contribution in [0.3, 0.4) is 0 Å². The van der Waals surface area contributed by atoms with Gasteiger partial charge in [-0.1, -0.05) is 6.07 Å². The molecule has 0 radical (unpaired) electrons. The van der Waals surface area contributed by atoms with Crippen LogP contribution in [0.1, 0.15) is 18.9 Å². The van der Waals surface area contributed by atoms with Gasteiger partial charge in [0.25, 0.3) is 0 Å². The van der Waals surface area contributed by atoms with Crippen molar-refractivity contribution in [2.45, 2.75) is 20.3 Å². The van der Waals surface area contributed by atoms with E-state index in [9.17, 15) is 9.59 Å². The molecule has 0 aromatic heterocycles. The van der Waals surface area contributed by atoms with Gasteiger partial charge in [-0.25, -0.2) is 4.79 Å². The average Bonchev–Trinajstić information content (AvgIpc) is 2.32. The van der Waals surface area contributed by atoms with Gasteiger partial charge in [0, 0.05) is 13.0 Å². The molecule has 1 aromatic carbocycles. The van der Waals surface area contributed by atoms with Crippen LogP contribution in [0.25, 0.3) is 0 Å². The Kier molecular flexibility index (Phi) is 3.50. The van der Waals surface area contributed by atoms with Crippen LogP contribution >= 0.6 is 0 Å². The lowest BCUT2D eigenvalue weighted by Gasteiger charge is -2.28. The summed E-state index contributed by atoms with van der Waals surface area (Å²) in [5.41, 5.74) is 1.75. The highest BCUT2D eigenvalue weighted by Crippen LogP contribution is 2.30. The Labute approximate surface area is 106 Å². The number of carbonyl (C=O) groups excluding carboxylic acids is 2. The van der Waals surface area contributed by atoms with Crippen LogP contribution in [0.2, 0.25) is 0 Å². The van der Waals surface area contributed by atoms with E-state index < -0.39 is 6.03 Å². The molecule has 0 spiro atoms. The molecule has 1 aromatic rings. The number of rotatable bonds is 3. The second-order valence-electron chi connectivity index (χ2n) is 4.16. The summed E-state index contributed by atoms with van der Waals surface area (Å²) >= 11 is 0. The molecule has 1 heterocycles. The maximum absolute atomic E-state index is 11.8. The average molecular weight is 248 g/mol. The SMILES string of the molecule is CCOc1ccc(C)cc1N1CCC(=O)NC1=O.